The monoisotopic (exact) mass is 305 g/mol. The molecular weight excluding hydrogens is 286 g/mol. The van der Waals surface area contributed by atoms with Crippen LogP contribution in [0.2, 0.25) is 0 Å². The zero-order valence-electron chi connectivity index (χ0n) is 13.3. The average Bonchev–Trinajstić information content (AvgIpc) is 3.10. The normalized spacial score (nSPS) is 19.7. The van der Waals surface area contributed by atoms with E-state index in [-0.39, 0.29) is 17.7 Å². The molecule has 0 bridgehead atoms. The molecule has 0 saturated carbocycles. The summed E-state index contributed by atoms with van der Waals surface area (Å²) in [6, 6.07) is 18.3. The Morgan fingerprint density at radius 3 is 2.48 bits per heavy atom. The number of carbonyl (C=O) groups excluding carboxylic acids is 1. The molecule has 1 aliphatic carbocycles. The maximum atomic E-state index is 12.7. The van der Waals surface area contributed by atoms with Gasteiger partial charge in [0.25, 0.3) is 0 Å². The van der Waals surface area contributed by atoms with Crippen LogP contribution in [0.1, 0.15) is 22.8 Å². The van der Waals surface area contributed by atoms with E-state index in [1.165, 1.54) is 5.56 Å². The number of hydrogen-bond donors (Lipinski definition) is 0. The van der Waals surface area contributed by atoms with Gasteiger partial charge >= 0.3 is 0 Å². The fourth-order valence-corrected chi connectivity index (χ4v) is 3.71. The molecule has 0 aliphatic heterocycles. The van der Waals surface area contributed by atoms with Crippen molar-refractivity contribution in [2.24, 2.45) is 5.92 Å². The molecule has 3 nitrogen and oxygen atoms in total. The van der Waals surface area contributed by atoms with E-state index in [1.54, 1.807) is 4.90 Å². The summed E-state index contributed by atoms with van der Waals surface area (Å²) in [7, 11) is 3.64. The number of benzene rings is 2. The summed E-state index contributed by atoms with van der Waals surface area (Å²) in [6.07, 6.45) is 0.739. The average molecular weight is 305 g/mol. The van der Waals surface area contributed by atoms with Crippen LogP contribution in [0.5, 0.6) is 0 Å². The second-order valence-corrected chi connectivity index (χ2v) is 6.37. The molecule has 0 radical (unpaired) electrons. The first-order valence-corrected chi connectivity index (χ1v) is 7.93. The van der Waals surface area contributed by atoms with Crippen LogP contribution in [0.4, 0.5) is 0 Å². The molecule has 116 valence electrons. The third-order valence-electron chi connectivity index (χ3n) is 4.76. The van der Waals surface area contributed by atoms with Crippen LogP contribution in [-0.4, -0.2) is 24.9 Å². The second kappa shape index (κ2) is 5.27. The van der Waals surface area contributed by atoms with Crippen molar-refractivity contribution in [3.63, 3.8) is 0 Å². The molecule has 2 unspecified atom stereocenters. The van der Waals surface area contributed by atoms with E-state index in [1.807, 2.05) is 50.5 Å². The molecule has 0 N–H and O–H groups in total. The van der Waals surface area contributed by atoms with Crippen molar-refractivity contribution < 1.29 is 9.21 Å². The van der Waals surface area contributed by atoms with Gasteiger partial charge in [-0.3, -0.25) is 4.79 Å². The summed E-state index contributed by atoms with van der Waals surface area (Å²) in [4.78, 5) is 14.4. The number of carbonyl (C=O) groups is 1. The quantitative estimate of drug-likeness (QED) is 0.721. The van der Waals surface area contributed by atoms with Gasteiger partial charge in [0, 0.05) is 25.0 Å². The van der Waals surface area contributed by atoms with Crippen molar-refractivity contribution in [3.05, 3.63) is 71.5 Å². The predicted octanol–water partition coefficient (Wildman–Crippen LogP) is 3.83. The highest BCUT2D eigenvalue weighted by atomic mass is 16.3. The lowest BCUT2D eigenvalue weighted by atomic mass is 9.87. The van der Waals surface area contributed by atoms with Crippen molar-refractivity contribution in [3.8, 4) is 0 Å². The van der Waals surface area contributed by atoms with Crippen molar-refractivity contribution in [1.29, 1.82) is 0 Å². The molecular formula is C20H19NO2. The largest absolute Gasteiger partial charge is 0.460 e. The summed E-state index contributed by atoms with van der Waals surface area (Å²) in [5.74, 6) is 1.02. The van der Waals surface area contributed by atoms with Gasteiger partial charge in [0.2, 0.25) is 5.91 Å². The highest BCUT2D eigenvalue weighted by molar-refractivity contribution is 5.88. The zero-order valence-corrected chi connectivity index (χ0v) is 13.3. The first-order chi connectivity index (χ1) is 11.2. The van der Waals surface area contributed by atoms with E-state index in [0.29, 0.717) is 0 Å². The third kappa shape index (κ3) is 2.15. The molecule has 3 heteroatoms. The molecule has 2 aromatic carbocycles. The van der Waals surface area contributed by atoms with E-state index in [0.717, 1.165) is 28.7 Å². The van der Waals surface area contributed by atoms with E-state index >= 15 is 0 Å². The summed E-state index contributed by atoms with van der Waals surface area (Å²) in [5, 5.41) is 1.14. The minimum Gasteiger partial charge on any atom is -0.460 e. The molecule has 1 amide bonds. The smallest absolute Gasteiger partial charge is 0.226 e. The molecule has 0 spiro atoms. The second-order valence-electron chi connectivity index (χ2n) is 6.37. The van der Waals surface area contributed by atoms with Gasteiger partial charge < -0.3 is 9.32 Å². The number of hydrogen-bond acceptors (Lipinski definition) is 2. The molecule has 1 aromatic heterocycles. The molecule has 3 aromatic rings. The van der Waals surface area contributed by atoms with Crippen LogP contribution in [-0.2, 0) is 11.2 Å². The van der Waals surface area contributed by atoms with Crippen LogP contribution in [0, 0.1) is 5.92 Å². The molecule has 1 aliphatic rings. The van der Waals surface area contributed by atoms with Crippen molar-refractivity contribution in [2.75, 3.05) is 14.1 Å². The van der Waals surface area contributed by atoms with Gasteiger partial charge in [0.05, 0.1) is 11.8 Å². The van der Waals surface area contributed by atoms with Gasteiger partial charge in [0.15, 0.2) is 0 Å². The van der Waals surface area contributed by atoms with Crippen LogP contribution in [0.15, 0.2) is 59.0 Å². The Bertz CT molecular complexity index is 864. The van der Waals surface area contributed by atoms with E-state index < -0.39 is 0 Å². The Labute approximate surface area is 135 Å². The minimum atomic E-state index is -0.0919. The Kier molecular flexibility index (Phi) is 3.22. The molecule has 0 fully saturated rings. The molecule has 0 saturated heterocycles. The summed E-state index contributed by atoms with van der Waals surface area (Å²) in [6.45, 7) is 0. The van der Waals surface area contributed by atoms with Crippen LogP contribution in [0.25, 0.3) is 11.0 Å². The number of fused-ring (bicyclic) bond motifs is 3. The highest BCUT2D eigenvalue weighted by Crippen LogP contribution is 2.47. The van der Waals surface area contributed by atoms with Crippen LogP contribution in [0.3, 0.4) is 0 Å². The van der Waals surface area contributed by atoms with Crippen LogP contribution >= 0.6 is 0 Å². The number of rotatable bonds is 2. The fraction of sp³-hybridized carbons (Fsp3) is 0.250. The highest BCUT2D eigenvalue weighted by Gasteiger charge is 2.42. The van der Waals surface area contributed by atoms with Crippen LogP contribution < -0.4 is 0 Å². The fourth-order valence-electron chi connectivity index (χ4n) is 3.71. The van der Waals surface area contributed by atoms with Gasteiger partial charge in [0.1, 0.15) is 11.3 Å². The molecule has 1 heterocycles. The first kappa shape index (κ1) is 14.1. The number of nitrogens with zero attached hydrogens (tertiary/aromatic N) is 1. The summed E-state index contributed by atoms with van der Waals surface area (Å²) < 4.78 is 6.17. The third-order valence-corrected chi connectivity index (χ3v) is 4.76. The van der Waals surface area contributed by atoms with E-state index in [9.17, 15) is 4.79 Å². The Morgan fingerprint density at radius 2 is 1.74 bits per heavy atom. The van der Waals surface area contributed by atoms with E-state index in [2.05, 4.69) is 18.2 Å². The molecule has 2 atom stereocenters. The lowest BCUT2D eigenvalue weighted by Crippen LogP contribution is -2.32. The lowest BCUT2D eigenvalue weighted by Gasteiger charge is -2.22. The SMILES string of the molecule is CN(C)C(=O)C1Cc2c(oc3ccccc23)C1c1ccccc1. The minimum absolute atomic E-state index is 0.00602. The topological polar surface area (TPSA) is 33.5 Å². The van der Waals surface area contributed by atoms with Gasteiger partial charge in [-0.2, -0.15) is 0 Å². The zero-order chi connectivity index (χ0) is 16.0. The van der Waals surface area contributed by atoms with Crippen molar-refractivity contribution in [2.45, 2.75) is 12.3 Å². The Balaban J connectivity index is 1.89. The van der Waals surface area contributed by atoms with Gasteiger partial charge in [-0.1, -0.05) is 48.5 Å². The standard InChI is InChI=1S/C20H19NO2/c1-21(2)20(22)16-12-15-14-10-6-7-11-17(14)23-19(15)18(16)13-8-4-3-5-9-13/h3-11,16,18H,12H2,1-2H3. The lowest BCUT2D eigenvalue weighted by molar-refractivity contribution is -0.133. The van der Waals surface area contributed by atoms with Gasteiger partial charge in [-0.05, 0) is 18.1 Å². The van der Waals surface area contributed by atoms with E-state index in [4.69, 9.17) is 4.42 Å². The maximum Gasteiger partial charge on any atom is 0.226 e. The van der Waals surface area contributed by atoms with Crippen molar-refractivity contribution >= 4 is 16.9 Å². The number of furan rings is 1. The Morgan fingerprint density at radius 1 is 1.04 bits per heavy atom. The van der Waals surface area contributed by atoms with Gasteiger partial charge in [-0.15, -0.1) is 0 Å². The number of amides is 1. The summed E-state index contributed by atoms with van der Waals surface area (Å²) in [5.41, 5.74) is 3.24. The number of para-hydroxylation sites is 1. The van der Waals surface area contributed by atoms with Gasteiger partial charge in [-0.25, -0.2) is 0 Å². The Hall–Kier alpha value is -2.55. The first-order valence-electron chi connectivity index (χ1n) is 7.93. The summed E-state index contributed by atoms with van der Waals surface area (Å²) >= 11 is 0. The maximum absolute atomic E-state index is 12.7. The van der Waals surface area contributed by atoms with Crippen molar-refractivity contribution in [1.82, 2.24) is 4.90 Å². The predicted molar refractivity (Wildman–Crippen MR) is 90.4 cm³/mol. The molecule has 4 rings (SSSR count). The molecule has 23 heavy (non-hydrogen) atoms.